The summed E-state index contributed by atoms with van der Waals surface area (Å²) in [7, 11) is 1.65. The minimum absolute atomic E-state index is 0.0777. The van der Waals surface area contributed by atoms with Gasteiger partial charge in [0.15, 0.2) is 0 Å². The summed E-state index contributed by atoms with van der Waals surface area (Å²) in [5.74, 6) is 0.343. The summed E-state index contributed by atoms with van der Waals surface area (Å²) in [6.45, 7) is 4.93. The van der Waals surface area contributed by atoms with Crippen LogP contribution in [0.15, 0.2) is 0 Å². The maximum absolute atomic E-state index is 12.1. The van der Waals surface area contributed by atoms with E-state index in [1.165, 1.54) is 0 Å². The fraction of sp³-hybridized carbons (Fsp3) is 0.917. The van der Waals surface area contributed by atoms with Crippen molar-refractivity contribution in [3.05, 3.63) is 0 Å². The first-order chi connectivity index (χ1) is 7.51. The van der Waals surface area contributed by atoms with Crippen LogP contribution in [-0.2, 0) is 9.53 Å². The Hall–Kier alpha value is -0.0900. The van der Waals surface area contributed by atoms with Crippen molar-refractivity contribution in [1.82, 2.24) is 5.32 Å². The molecule has 0 heterocycles. The predicted molar refractivity (Wildman–Crippen MR) is 68.7 cm³/mol. The Morgan fingerprint density at radius 2 is 2.31 bits per heavy atom. The Kier molecular flexibility index (Phi) is 5.25. The number of alkyl halides is 1. The van der Waals surface area contributed by atoms with Crippen molar-refractivity contribution in [2.45, 2.75) is 39.2 Å². The number of halogens is 1. The van der Waals surface area contributed by atoms with Gasteiger partial charge in [-0.2, -0.15) is 0 Å². The molecule has 4 heteroatoms. The van der Waals surface area contributed by atoms with Crippen LogP contribution in [0, 0.1) is 11.3 Å². The molecule has 0 spiro atoms. The van der Waals surface area contributed by atoms with E-state index in [2.05, 4.69) is 35.1 Å². The number of ether oxygens (including phenoxy) is 1. The van der Waals surface area contributed by atoms with Gasteiger partial charge in [0.1, 0.15) is 0 Å². The molecular weight excluding hydrogens is 270 g/mol. The second-order valence-corrected chi connectivity index (χ2v) is 5.90. The lowest BCUT2D eigenvalue weighted by molar-refractivity contribution is -0.128. The minimum Gasteiger partial charge on any atom is -0.383 e. The number of hydrogen-bond donors (Lipinski definition) is 1. The Labute approximate surface area is 106 Å². The smallest absolute Gasteiger partial charge is 0.223 e. The van der Waals surface area contributed by atoms with Crippen LogP contribution in [0.4, 0.5) is 0 Å². The lowest BCUT2D eigenvalue weighted by atomic mass is 9.81. The summed E-state index contributed by atoms with van der Waals surface area (Å²) < 4.78 is 5.07. The lowest BCUT2D eigenvalue weighted by Gasteiger charge is -2.27. The van der Waals surface area contributed by atoms with Crippen LogP contribution in [0.3, 0.4) is 0 Å². The highest BCUT2D eigenvalue weighted by Crippen LogP contribution is 2.42. The first kappa shape index (κ1) is 14.0. The fourth-order valence-electron chi connectivity index (χ4n) is 2.44. The summed E-state index contributed by atoms with van der Waals surface area (Å²) in [6, 6.07) is 0.0777. The Balaban J connectivity index is 2.51. The first-order valence-corrected chi connectivity index (χ1v) is 6.98. The molecule has 0 bridgehead atoms. The Bertz CT molecular complexity index is 243. The van der Waals surface area contributed by atoms with E-state index in [1.54, 1.807) is 7.11 Å². The molecule has 0 aromatic carbocycles. The molecule has 0 aromatic heterocycles. The average Bonchev–Trinajstić information content (AvgIpc) is 2.57. The molecule has 0 aliphatic heterocycles. The van der Waals surface area contributed by atoms with E-state index >= 15 is 0 Å². The molecule has 94 valence electrons. The van der Waals surface area contributed by atoms with Gasteiger partial charge in [0, 0.05) is 18.4 Å². The highest BCUT2D eigenvalue weighted by molar-refractivity contribution is 9.09. The monoisotopic (exact) mass is 291 g/mol. The van der Waals surface area contributed by atoms with Gasteiger partial charge in [-0.15, -0.1) is 0 Å². The zero-order valence-electron chi connectivity index (χ0n) is 10.4. The number of amides is 1. The van der Waals surface area contributed by atoms with Gasteiger partial charge in [0.05, 0.1) is 12.6 Å². The quantitative estimate of drug-likeness (QED) is 0.790. The van der Waals surface area contributed by atoms with E-state index in [-0.39, 0.29) is 23.3 Å². The normalized spacial score (nSPS) is 25.4. The molecule has 3 nitrogen and oxygen atoms in total. The minimum atomic E-state index is 0.0777. The fourth-order valence-corrected chi connectivity index (χ4v) is 2.79. The Morgan fingerprint density at radius 3 is 2.75 bits per heavy atom. The molecule has 0 saturated heterocycles. The van der Waals surface area contributed by atoms with Crippen LogP contribution < -0.4 is 5.32 Å². The van der Waals surface area contributed by atoms with Crippen LogP contribution in [0.25, 0.3) is 0 Å². The number of methoxy groups -OCH3 is 1. The third-order valence-corrected chi connectivity index (χ3v) is 4.26. The molecular formula is C12H22BrNO2. The van der Waals surface area contributed by atoms with E-state index in [0.29, 0.717) is 6.61 Å². The van der Waals surface area contributed by atoms with Crippen molar-refractivity contribution in [2.24, 2.45) is 11.3 Å². The van der Waals surface area contributed by atoms with Gasteiger partial charge in [0.25, 0.3) is 0 Å². The third kappa shape index (κ3) is 3.45. The van der Waals surface area contributed by atoms with Gasteiger partial charge >= 0.3 is 0 Å². The first-order valence-electron chi connectivity index (χ1n) is 5.86. The summed E-state index contributed by atoms with van der Waals surface area (Å²) in [5.41, 5.74) is 0.147. The van der Waals surface area contributed by atoms with E-state index in [9.17, 15) is 4.79 Å². The average molecular weight is 292 g/mol. The molecule has 0 radical (unpaired) electrons. The summed E-state index contributed by atoms with van der Waals surface area (Å²) in [4.78, 5) is 12.1. The number of rotatable bonds is 5. The predicted octanol–water partition coefficient (Wildman–Crippen LogP) is 2.34. The SMILES string of the molecule is COCC(CBr)NC(=O)C1CCCC1(C)C. The van der Waals surface area contributed by atoms with Crippen molar-refractivity contribution in [3.63, 3.8) is 0 Å². The van der Waals surface area contributed by atoms with Crippen molar-refractivity contribution < 1.29 is 9.53 Å². The summed E-state index contributed by atoms with van der Waals surface area (Å²) in [6.07, 6.45) is 3.32. The van der Waals surface area contributed by atoms with Gasteiger partial charge in [-0.3, -0.25) is 4.79 Å². The highest BCUT2D eigenvalue weighted by atomic mass is 79.9. The number of hydrogen-bond acceptors (Lipinski definition) is 2. The van der Waals surface area contributed by atoms with Crippen molar-refractivity contribution in [1.29, 1.82) is 0 Å². The van der Waals surface area contributed by atoms with Crippen LogP contribution in [-0.4, -0.2) is 31.0 Å². The van der Waals surface area contributed by atoms with Crippen molar-refractivity contribution in [3.8, 4) is 0 Å². The van der Waals surface area contributed by atoms with Crippen molar-refractivity contribution >= 4 is 21.8 Å². The van der Waals surface area contributed by atoms with Gasteiger partial charge in [-0.1, -0.05) is 36.2 Å². The standard InChI is InChI=1S/C12H22BrNO2/c1-12(2)6-4-5-10(12)11(15)14-9(7-13)8-16-3/h9-10H,4-8H2,1-3H3,(H,14,15). The van der Waals surface area contributed by atoms with Gasteiger partial charge < -0.3 is 10.1 Å². The third-order valence-electron chi connectivity index (χ3n) is 3.47. The molecule has 1 N–H and O–H groups in total. The summed E-state index contributed by atoms with van der Waals surface area (Å²) in [5, 5.41) is 3.79. The second kappa shape index (κ2) is 6.01. The number of nitrogens with one attached hydrogen (secondary N) is 1. The maximum Gasteiger partial charge on any atom is 0.223 e. The van der Waals surface area contributed by atoms with E-state index < -0.39 is 0 Å². The van der Waals surface area contributed by atoms with Gasteiger partial charge in [-0.25, -0.2) is 0 Å². The van der Waals surface area contributed by atoms with E-state index in [1.807, 2.05) is 0 Å². The van der Waals surface area contributed by atoms with Crippen LogP contribution in [0.2, 0.25) is 0 Å². The molecule has 2 unspecified atom stereocenters. The second-order valence-electron chi connectivity index (χ2n) is 5.25. The summed E-state index contributed by atoms with van der Waals surface area (Å²) >= 11 is 3.39. The Morgan fingerprint density at radius 1 is 1.62 bits per heavy atom. The zero-order valence-corrected chi connectivity index (χ0v) is 12.0. The molecule has 2 atom stereocenters. The molecule has 1 fully saturated rings. The molecule has 1 amide bonds. The molecule has 1 rings (SSSR count). The molecule has 1 aliphatic carbocycles. The number of carbonyl (C=O) groups is 1. The largest absolute Gasteiger partial charge is 0.383 e. The highest BCUT2D eigenvalue weighted by Gasteiger charge is 2.39. The van der Waals surface area contributed by atoms with Crippen LogP contribution in [0.5, 0.6) is 0 Å². The lowest BCUT2D eigenvalue weighted by Crippen LogP contribution is -2.44. The van der Waals surface area contributed by atoms with E-state index in [0.717, 1.165) is 24.6 Å². The van der Waals surface area contributed by atoms with Gasteiger partial charge in [0.2, 0.25) is 5.91 Å². The molecule has 16 heavy (non-hydrogen) atoms. The molecule has 1 saturated carbocycles. The van der Waals surface area contributed by atoms with Crippen LogP contribution in [0.1, 0.15) is 33.1 Å². The zero-order chi connectivity index (χ0) is 12.2. The number of carbonyl (C=O) groups excluding carboxylic acids is 1. The topological polar surface area (TPSA) is 38.3 Å². The van der Waals surface area contributed by atoms with E-state index in [4.69, 9.17) is 4.74 Å². The van der Waals surface area contributed by atoms with Crippen molar-refractivity contribution in [2.75, 3.05) is 19.0 Å². The molecule has 1 aliphatic rings. The van der Waals surface area contributed by atoms with Gasteiger partial charge in [-0.05, 0) is 18.3 Å². The molecule has 0 aromatic rings. The maximum atomic E-state index is 12.1. The van der Waals surface area contributed by atoms with Crippen LogP contribution >= 0.6 is 15.9 Å².